The molecule has 0 heterocycles. The Morgan fingerprint density at radius 3 is 1.80 bits per heavy atom. The molecule has 0 fully saturated rings. The van der Waals surface area contributed by atoms with E-state index in [2.05, 4.69) is 19.2 Å². The first-order chi connectivity index (χ1) is 13.6. The third-order valence-electron chi connectivity index (χ3n) is 4.69. The van der Waals surface area contributed by atoms with E-state index in [1.807, 2.05) is 21.1 Å². The van der Waals surface area contributed by atoms with Crippen molar-refractivity contribution in [3.05, 3.63) is 0 Å². The summed E-state index contributed by atoms with van der Waals surface area (Å²) in [5.41, 5.74) is -2.72. The average Bonchev–Trinajstić information content (AvgIpc) is 2.56. The number of aliphatic carboxylic acids is 1. The summed E-state index contributed by atoms with van der Waals surface area (Å²) in [6.07, 6.45) is 14.9. The second-order valence-electron chi connectivity index (χ2n) is 8.99. The molecule has 0 aromatic carbocycles. The maximum Gasteiger partial charge on any atom is 0.306 e. The molecule has 0 spiro atoms. The first-order valence-corrected chi connectivity index (χ1v) is 15.0. The molecule has 0 radical (unpaired) electrons. The van der Waals surface area contributed by atoms with Gasteiger partial charge < -0.3 is 24.1 Å². The molecular formula is C21H46NO5PS2. The normalized spacial score (nSPS) is 14.7. The van der Waals surface area contributed by atoms with Gasteiger partial charge in [-0.05, 0) is 18.2 Å². The average molecular weight is 488 g/mol. The van der Waals surface area contributed by atoms with Crippen molar-refractivity contribution < 1.29 is 28.9 Å². The van der Waals surface area contributed by atoms with E-state index in [0.717, 1.165) is 12.8 Å². The molecule has 0 bridgehead atoms. The second kappa shape index (κ2) is 18.8. The fraction of sp³-hybridized carbons (Fsp3) is 0.952. The number of hydrogen-bond acceptors (Lipinski definition) is 5. The van der Waals surface area contributed by atoms with Crippen molar-refractivity contribution in [1.82, 2.24) is 0 Å². The van der Waals surface area contributed by atoms with E-state index in [9.17, 15) is 4.79 Å². The summed E-state index contributed by atoms with van der Waals surface area (Å²) in [4.78, 5) is 11.1. The molecule has 30 heavy (non-hydrogen) atoms. The van der Waals surface area contributed by atoms with Gasteiger partial charge in [-0.15, -0.1) is 0 Å². The number of hydrogen-bond donors (Lipinski definition) is 2. The number of rotatable bonds is 20. The minimum absolute atomic E-state index is 0. The molecule has 0 aliphatic rings. The van der Waals surface area contributed by atoms with Crippen LogP contribution < -0.4 is 0 Å². The molecule has 182 valence electrons. The number of carboxylic acids is 1. The predicted octanol–water partition coefficient (Wildman–Crippen LogP) is 6.25. The van der Waals surface area contributed by atoms with Crippen molar-refractivity contribution in [3.63, 3.8) is 0 Å². The van der Waals surface area contributed by atoms with Crippen LogP contribution in [0, 0.1) is 0 Å². The Kier molecular flexibility index (Phi) is 20.4. The van der Waals surface area contributed by atoms with E-state index in [4.69, 9.17) is 26.0 Å². The van der Waals surface area contributed by atoms with E-state index in [0.29, 0.717) is 17.6 Å². The van der Waals surface area contributed by atoms with Crippen LogP contribution in [0.4, 0.5) is 0 Å². The van der Waals surface area contributed by atoms with Crippen LogP contribution in [0.1, 0.15) is 90.4 Å². The Morgan fingerprint density at radius 1 is 0.967 bits per heavy atom. The highest BCUT2D eigenvalue weighted by Crippen LogP contribution is 2.54. The molecule has 1 unspecified atom stereocenters. The number of quaternary nitrogens is 1. The Balaban J connectivity index is 0. The zero-order valence-electron chi connectivity index (χ0n) is 19.6. The summed E-state index contributed by atoms with van der Waals surface area (Å²) >= 11 is 9.77. The fourth-order valence-corrected chi connectivity index (χ4v) is 5.45. The SMILES string of the molecule is CCCCCCCCCCCCCCOP(=S)(S)O[C@H](CC(=O)O)C[N+](C)(C)C.[OH-]. The fourth-order valence-electron chi connectivity index (χ4n) is 3.28. The van der Waals surface area contributed by atoms with E-state index < -0.39 is 17.8 Å². The van der Waals surface area contributed by atoms with Gasteiger partial charge in [0.05, 0.1) is 34.2 Å². The van der Waals surface area contributed by atoms with Crippen LogP contribution in [-0.2, 0) is 25.6 Å². The van der Waals surface area contributed by atoms with Gasteiger partial charge in [0.25, 0.3) is 0 Å². The molecule has 0 rings (SSSR count). The van der Waals surface area contributed by atoms with Crippen molar-refractivity contribution >= 4 is 35.7 Å². The zero-order chi connectivity index (χ0) is 22.2. The first-order valence-electron chi connectivity index (χ1n) is 11.2. The number of thiol groups is 1. The van der Waals surface area contributed by atoms with Gasteiger partial charge in [-0.3, -0.25) is 4.79 Å². The van der Waals surface area contributed by atoms with Crippen LogP contribution in [-0.4, -0.2) is 61.4 Å². The van der Waals surface area contributed by atoms with Crippen LogP contribution in [0.25, 0.3) is 0 Å². The topological polar surface area (TPSA) is 85.8 Å². The highest BCUT2D eigenvalue weighted by atomic mass is 32.9. The molecule has 9 heteroatoms. The molecule has 0 aliphatic heterocycles. The van der Waals surface area contributed by atoms with E-state index in [-0.39, 0.29) is 11.9 Å². The van der Waals surface area contributed by atoms with Gasteiger partial charge in [-0.2, -0.15) is 0 Å². The third kappa shape index (κ3) is 23.0. The van der Waals surface area contributed by atoms with Gasteiger partial charge in [-0.1, -0.05) is 89.8 Å². The quantitative estimate of drug-likeness (QED) is 0.0914. The van der Waals surface area contributed by atoms with Gasteiger partial charge in [0.15, 0.2) is 0 Å². The lowest BCUT2D eigenvalue weighted by atomic mass is 10.1. The molecule has 0 saturated heterocycles. The number of nitrogens with zero attached hydrogens (tertiary/aromatic N) is 1. The highest BCUT2D eigenvalue weighted by Gasteiger charge is 2.27. The second-order valence-corrected chi connectivity index (χ2v) is 14.2. The standard InChI is InChI=1S/C21H44NO4PS2.H2O/c1-5-6-7-8-9-10-11-12-13-14-15-16-17-25-27(28,29)26-20(18-21(23)24)19-22(2,3)4;/h20H,5-19H2,1-4H3,(H-,23,24,28,29);1H2/t20-;/m1./s1. The van der Waals surface area contributed by atoms with Crippen LogP contribution in [0.2, 0.25) is 0 Å². The van der Waals surface area contributed by atoms with Gasteiger partial charge >= 0.3 is 5.97 Å². The van der Waals surface area contributed by atoms with Crippen molar-refractivity contribution in [2.45, 2.75) is 96.5 Å². The molecule has 6 nitrogen and oxygen atoms in total. The number of unbranched alkanes of at least 4 members (excludes halogenated alkanes) is 11. The van der Waals surface area contributed by atoms with Crippen LogP contribution >= 0.6 is 17.9 Å². The molecular weight excluding hydrogens is 441 g/mol. The van der Waals surface area contributed by atoms with Gasteiger partial charge in [0, 0.05) is 0 Å². The summed E-state index contributed by atoms with van der Waals surface area (Å²) in [6, 6.07) is 0. The Bertz CT molecular complexity index is 475. The maximum absolute atomic E-state index is 11.1. The minimum atomic E-state index is -2.72. The van der Waals surface area contributed by atoms with E-state index in [1.54, 1.807) is 0 Å². The van der Waals surface area contributed by atoms with Crippen LogP contribution in [0.5, 0.6) is 0 Å². The third-order valence-corrected chi connectivity index (χ3v) is 6.97. The maximum atomic E-state index is 11.1. The Labute approximate surface area is 195 Å². The molecule has 2 atom stereocenters. The van der Waals surface area contributed by atoms with Crippen molar-refractivity contribution in [2.24, 2.45) is 0 Å². The lowest BCUT2D eigenvalue weighted by Gasteiger charge is -2.30. The summed E-state index contributed by atoms with van der Waals surface area (Å²) in [5, 5.41) is 9.10. The van der Waals surface area contributed by atoms with Crippen molar-refractivity contribution in [1.29, 1.82) is 0 Å². The highest BCUT2D eigenvalue weighted by molar-refractivity contribution is 8.60. The number of likely N-dealkylation sites (N-methyl/N-ethyl adjacent to an activating group) is 1. The molecule has 0 amide bonds. The molecule has 0 saturated carbocycles. The van der Waals surface area contributed by atoms with Crippen LogP contribution in [0.15, 0.2) is 0 Å². The zero-order valence-corrected chi connectivity index (χ0v) is 22.2. The summed E-state index contributed by atoms with van der Waals surface area (Å²) in [7, 11) is 5.98. The number of carbonyl (C=O) groups is 1. The van der Waals surface area contributed by atoms with E-state index in [1.165, 1.54) is 64.2 Å². The van der Waals surface area contributed by atoms with Gasteiger partial charge in [-0.25, -0.2) is 0 Å². The summed E-state index contributed by atoms with van der Waals surface area (Å²) in [6.45, 7) is 3.34. The molecule has 0 aliphatic carbocycles. The smallest absolute Gasteiger partial charge is 0.306 e. The monoisotopic (exact) mass is 487 g/mol. The molecule has 0 aromatic rings. The van der Waals surface area contributed by atoms with Crippen LogP contribution in [0.3, 0.4) is 0 Å². The molecule has 2 N–H and O–H groups in total. The van der Waals surface area contributed by atoms with Crippen molar-refractivity contribution in [3.8, 4) is 0 Å². The predicted molar refractivity (Wildman–Crippen MR) is 132 cm³/mol. The molecule has 0 aromatic heterocycles. The lowest BCUT2D eigenvalue weighted by Crippen LogP contribution is -2.42. The Hall–Kier alpha value is 0.310. The lowest BCUT2D eigenvalue weighted by molar-refractivity contribution is -0.873. The van der Waals surface area contributed by atoms with E-state index >= 15 is 0 Å². The first kappa shape index (κ1) is 32.5. The minimum Gasteiger partial charge on any atom is -0.870 e. The van der Waals surface area contributed by atoms with Gasteiger partial charge in [0.1, 0.15) is 12.6 Å². The van der Waals surface area contributed by atoms with Gasteiger partial charge in [0.2, 0.25) is 5.69 Å². The van der Waals surface area contributed by atoms with Crippen molar-refractivity contribution in [2.75, 3.05) is 34.3 Å². The largest absolute Gasteiger partial charge is 0.870 e. The Morgan fingerprint density at radius 2 is 1.40 bits per heavy atom. The summed E-state index contributed by atoms with van der Waals surface area (Å²) in [5.74, 6) is -0.896. The summed E-state index contributed by atoms with van der Waals surface area (Å²) < 4.78 is 12.1. The number of carboxylic acid groups (broad SMARTS) is 1.